The van der Waals surface area contributed by atoms with Crippen LogP contribution in [0.3, 0.4) is 0 Å². The topological polar surface area (TPSA) is 40.6 Å². The Balaban J connectivity index is 1.70. The van der Waals surface area contributed by atoms with Gasteiger partial charge in [-0.05, 0) is 50.1 Å². The predicted octanol–water partition coefficient (Wildman–Crippen LogP) is 3.43. The van der Waals surface area contributed by atoms with Gasteiger partial charge < -0.3 is 9.80 Å². The van der Waals surface area contributed by atoms with E-state index in [0.717, 1.165) is 11.1 Å². The number of hydrogen-bond donors (Lipinski definition) is 0. The lowest BCUT2D eigenvalue weighted by Crippen LogP contribution is -2.37. The van der Waals surface area contributed by atoms with E-state index in [0.29, 0.717) is 43.7 Å². The van der Waals surface area contributed by atoms with Crippen LogP contribution in [0.15, 0.2) is 42.5 Å². The summed E-state index contributed by atoms with van der Waals surface area (Å²) >= 11 is 0. The Hall–Kier alpha value is -2.69. The van der Waals surface area contributed by atoms with E-state index in [-0.39, 0.29) is 11.8 Å². The summed E-state index contributed by atoms with van der Waals surface area (Å²) in [6.45, 7) is 6.05. The van der Waals surface area contributed by atoms with Gasteiger partial charge in [-0.3, -0.25) is 9.59 Å². The molecule has 1 aliphatic heterocycles. The summed E-state index contributed by atoms with van der Waals surface area (Å²) in [5.74, 6) is -0.606. The van der Waals surface area contributed by atoms with Crippen molar-refractivity contribution in [1.82, 2.24) is 9.80 Å². The average Bonchev–Trinajstić information content (AvgIpc) is 2.87. The number of benzene rings is 2. The molecule has 2 aromatic rings. The van der Waals surface area contributed by atoms with Gasteiger partial charge in [0, 0.05) is 37.3 Å². The third-order valence-electron chi connectivity index (χ3n) is 4.75. The minimum atomic E-state index is -0.419. The number of carbonyl (C=O) groups excluding carboxylic acids is 2. The zero-order chi connectivity index (χ0) is 18.7. The number of hydrogen-bond acceptors (Lipinski definition) is 2. The molecular formula is C21H23FN2O2. The first-order valence-corrected chi connectivity index (χ1v) is 8.87. The highest BCUT2D eigenvalue weighted by molar-refractivity contribution is 5.96. The predicted molar refractivity (Wildman–Crippen MR) is 98.7 cm³/mol. The zero-order valence-electron chi connectivity index (χ0n) is 15.2. The van der Waals surface area contributed by atoms with Crippen molar-refractivity contribution < 1.29 is 14.0 Å². The highest BCUT2D eigenvalue weighted by Gasteiger charge is 2.24. The number of aryl methyl sites for hydroxylation is 2. The largest absolute Gasteiger partial charge is 0.337 e. The minimum absolute atomic E-state index is 0.00237. The van der Waals surface area contributed by atoms with Gasteiger partial charge in [0.15, 0.2) is 0 Å². The molecule has 1 fully saturated rings. The number of carbonyl (C=O) groups is 2. The molecule has 0 radical (unpaired) electrons. The summed E-state index contributed by atoms with van der Waals surface area (Å²) in [7, 11) is 0. The summed E-state index contributed by atoms with van der Waals surface area (Å²) < 4.78 is 13.4. The van der Waals surface area contributed by atoms with Gasteiger partial charge in [0.1, 0.15) is 5.82 Å². The molecule has 1 aliphatic rings. The van der Waals surface area contributed by atoms with Crippen molar-refractivity contribution >= 4 is 11.8 Å². The zero-order valence-corrected chi connectivity index (χ0v) is 15.2. The molecule has 136 valence electrons. The minimum Gasteiger partial charge on any atom is -0.337 e. The lowest BCUT2D eigenvalue weighted by Gasteiger charge is -2.23. The summed E-state index contributed by atoms with van der Waals surface area (Å²) in [5.41, 5.74) is 3.15. The molecule has 0 saturated carbocycles. The molecule has 3 rings (SSSR count). The van der Waals surface area contributed by atoms with Crippen LogP contribution in [0.5, 0.6) is 0 Å². The molecule has 0 aliphatic carbocycles. The summed E-state index contributed by atoms with van der Waals surface area (Å²) in [5, 5.41) is 0. The highest BCUT2D eigenvalue weighted by Crippen LogP contribution is 2.16. The molecule has 1 saturated heterocycles. The van der Waals surface area contributed by atoms with Gasteiger partial charge in [0.25, 0.3) is 11.8 Å². The molecular weight excluding hydrogens is 331 g/mol. The van der Waals surface area contributed by atoms with Crippen molar-refractivity contribution in [3.05, 3.63) is 70.5 Å². The van der Waals surface area contributed by atoms with Crippen LogP contribution in [-0.4, -0.2) is 47.8 Å². The van der Waals surface area contributed by atoms with Crippen LogP contribution in [0.1, 0.15) is 38.3 Å². The van der Waals surface area contributed by atoms with Crippen LogP contribution in [0.2, 0.25) is 0 Å². The molecule has 0 aromatic heterocycles. The maximum atomic E-state index is 13.4. The second kappa shape index (κ2) is 7.68. The van der Waals surface area contributed by atoms with Crippen LogP contribution in [-0.2, 0) is 0 Å². The normalized spacial score (nSPS) is 14.9. The van der Waals surface area contributed by atoms with E-state index in [2.05, 4.69) is 0 Å². The van der Waals surface area contributed by atoms with Crippen LogP contribution in [0.25, 0.3) is 0 Å². The lowest BCUT2D eigenvalue weighted by atomic mass is 10.0. The fraction of sp³-hybridized carbons (Fsp3) is 0.333. The van der Waals surface area contributed by atoms with Crippen molar-refractivity contribution in [1.29, 1.82) is 0 Å². The molecule has 1 heterocycles. The maximum absolute atomic E-state index is 13.4. The monoisotopic (exact) mass is 354 g/mol. The Bertz CT molecular complexity index is 835. The van der Waals surface area contributed by atoms with E-state index in [1.54, 1.807) is 15.9 Å². The molecule has 2 aromatic carbocycles. The standard InChI is InChI=1S/C21H23FN2O2/c1-15-7-8-19(16(2)13-15)21(26)24-10-4-9-23(11-12-24)20(25)17-5-3-6-18(22)14-17/h3,5-8,13-14H,4,9-12H2,1-2H3. The Morgan fingerprint density at radius 1 is 0.885 bits per heavy atom. The fourth-order valence-electron chi connectivity index (χ4n) is 3.35. The quantitative estimate of drug-likeness (QED) is 0.829. The van der Waals surface area contributed by atoms with E-state index >= 15 is 0 Å². The molecule has 2 amide bonds. The SMILES string of the molecule is Cc1ccc(C(=O)N2CCCN(C(=O)c3cccc(F)c3)CC2)c(C)c1. The van der Waals surface area contributed by atoms with Crippen molar-refractivity contribution in [2.24, 2.45) is 0 Å². The van der Waals surface area contributed by atoms with E-state index < -0.39 is 5.82 Å². The lowest BCUT2D eigenvalue weighted by molar-refractivity contribution is 0.0718. The second-order valence-electron chi connectivity index (χ2n) is 6.77. The Morgan fingerprint density at radius 2 is 1.58 bits per heavy atom. The Morgan fingerprint density at radius 3 is 2.23 bits per heavy atom. The first-order chi connectivity index (χ1) is 12.5. The van der Waals surface area contributed by atoms with Crippen LogP contribution in [0.4, 0.5) is 4.39 Å². The van der Waals surface area contributed by atoms with E-state index in [1.165, 1.54) is 18.2 Å². The van der Waals surface area contributed by atoms with Gasteiger partial charge in [-0.25, -0.2) is 4.39 Å². The van der Waals surface area contributed by atoms with Crippen molar-refractivity contribution in [3.63, 3.8) is 0 Å². The summed E-state index contributed by atoms with van der Waals surface area (Å²) in [6.07, 6.45) is 0.706. The van der Waals surface area contributed by atoms with Gasteiger partial charge in [0.05, 0.1) is 0 Å². The summed E-state index contributed by atoms with van der Waals surface area (Å²) in [6, 6.07) is 11.6. The van der Waals surface area contributed by atoms with Gasteiger partial charge in [-0.15, -0.1) is 0 Å². The number of nitrogens with zero attached hydrogens (tertiary/aromatic N) is 2. The fourth-order valence-corrected chi connectivity index (χ4v) is 3.35. The van der Waals surface area contributed by atoms with Crippen molar-refractivity contribution in [3.8, 4) is 0 Å². The molecule has 0 unspecified atom stereocenters. The van der Waals surface area contributed by atoms with Gasteiger partial charge in [0.2, 0.25) is 0 Å². The number of amides is 2. The molecule has 0 N–H and O–H groups in total. The molecule has 0 atom stereocenters. The molecule has 5 heteroatoms. The van der Waals surface area contributed by atoms with Crippen molar-refractivity contribution in [2.45, 2.75) is 20.3 Å². The van der Waals surface area contributed by atoms with E-state index in [1.807, 2.05) is 32.0 Å². The highest BCUT2D eigenvalue weighted by atomic mass is 19.1. The first kappa shape index (κ1) is 18.1. The van der Waals surface area contributed by atoms with Crippen LogP contribution in [0, 0.1) is 19.7 Å². The molecule has 0 bridgehead atoms. The van der Waals surface area contributed by atoms with Gasteiger partial charge in [-0.1, -0.05) is 23.8 Å². The van der Waals surface area contributed by atoms with E-state index in [4.69, 9.17) is 0 Å². The number of rotatable bonds is 2. The van der Waals surface area contributed by atoms with Gasteiger partial charge in [-0.2, -0.15) is 0 Å². The summed E-state index contributed by atoms with van der Waals surface area (Å²) in [4.78, 5) is 28.9. The van der Waals surface area contributed by atoms with Crippen molar-refractivity contribution in [2.75, 3.05) is 26.2 Å². The Kier molecular flexibility index (Phi) is 5.35. The van der Waals surface area contributed by atoms with Crippen LogP contribution >= 0.6 is 0 Å². The average molecular weight is 354 g/mol. The Labute approximate surface area is 153 Å². The third-order valence-corrected chi connectivity index (χ3v) is 4.75. The number of halogens is 1. The second-order valence-corrected chi connectivity index (χ2v) is 6.77. The molecule has 4 nitrogen and oxygen atoms in total. The molecule has 26 heavy (non-hydrogen) atoms. The van der Waals surface area contributed by atoms with Gasteiger partial charge >= 0.3 is 0 Å². The first-order valence-electron chi connectivity index (χ1n) is 8.87. The van der Waals surface area contributed by atoms with Crippen LogP contribution < -0.4 is 0 Å². The smallest absolute Gasteiger partial charge is 0.254 e. The van der Waals surface area contributed by atoms with E-state index in [9.17, 15) is 14.0 Å². The molecule has 0 spiro atoms. The maximum Gasteiger partial charge on any atom is 0.254 e. The third kappa shape index (κ3) is 3.93.